The molecular formula is C15H22N2O2. The van der Waals surface area contributed by atoms with Crippen molar-refractivity contribution in [1.82, 2.24) is 5.32 Å². The van der Waals surface area contributed by atoms with Crippen LogP contribution in [-0.4, -0.2) is 18.2 Å². The number of amides is 1. The number of carbonyl (C=O) groups excluding carboxylic acids is 1. The molecule has 1 aromatic rings. The van der Waals surface area contributed by atoms with Crippen molar-refractivity contribution in [2.24, 2.45) is 11.7 Å². The summed E-state index contributed by atoms with van der Waals surface area (Å²) < 4.78 is 5.27. The van der Waals surface area contributed by atoms with Gasteiger partial charge in [-0.2, -0.15) is 0 Å². The Balaban J connectivity index is 1.93. The van der Waals surface area contributed by atoms with E-state index >= 15 is 0 Å². The van der Waals surface area contributed by atoms with E-state index < -0.39 is 6.09 Å². The van der Waals surface area contributed by atoms with Crippen molar-refractivity contribution >= 4 is 6.09 Å². The van der Waals surface area contributed by atoms with Gasteiger partial charge < -0.3 is 15.8 Å². The molecule has 0 atom stereocenters. The Hall–Kier alpha value is -1.55. The smallest absolute Gasteiger partial charge is 0.410 e. The average Bonchev–Trinajstić information content (AvgIpc) is 2.43. The van der Waals surface area contributed by atoms with Crippen LogP contribution in [-0.2, 0) is 0 Å². The van der Waals surface area contributed by atoms with E-state index in [9.17, 15) is 4.79 Å². The minimum absolute atomic E-state index is 0.293. The van der Waals surface area contributed by atoms with Gasteiger partial charge in [0, 0.05) is 6.54 Å². The zero-order valence-corrected chi connectivity index (χ0v) is 11.4. The lowest BCUT2D eigenvalue weighted by Gasteiger charge is -2.38. The topological polar surface area (TPSA) is 64.3 Å². The molecule has 0 aliphatic heterocycles. The van der Waals surface area contributed by atoms with E-state index in [1.54, 1.807) is 12.1 Å². The van der Waals surface area contributed by atoms with E-state index in [4.69, 9.17) is 10.5 Å². The molecule has 1 fully saturated rings. The number of hydrogen-bond donors (Lipinski definition) is 2. The van der Waals surface area contributed by atoms with Crippen molar-refractivity contribution < 1.29 is 9.53 Å². The Kier molecular flexibility index (Phi) is 4.43. The van der Waals surface area contributed by atoms with Crippen LogP contribution in [0.25, 0.3) is 0 Å². The Labute approximate surface area is 114 Å². The second kappa shape index (κ2) is 6.06. The lowest BCUT2D eigenvalue weighted by molar-refractivity contribution is 0.160. The highest BCUT2D eigenvalue weighted by Crippen LogP contribution is 2.31. The second-order valence-electron chi connectivity index (χ2n) is 5.49. The molecule has 0 spiro atoms. The fourth-order valence-corrected chi connectivity index (χ4v) is 2.53. The molecule has 4 heteroatoms. The standard InChI is InChI=1S/C15H22N2O2/c1-12-7-9-15(11-16,10-8-12)17-14(18)19-13-5-3-2-4-6-13/h2-6,12H,7-11,16H2,1H3,(H,17,18). The number of carbonyl (C=O) groups is 1. The van der Waals surface area contributed by atoms with Crippen molar-refractivity contribution in [2.75, 3.05) is 6.54 Å². The SMILES string of the molecule is CC1CCC(CN)(NC(=O)Oc2ccccc2)CC1. The molecule has 0 heterocycles. The van der Waals surface area contributed by atoms with Crippen molar-refractivity contribution in [3.05, 3.63) is 30.3 Å². The second-order valence-corrected chi connectivity index (χ2v) is 5.49. The van der Waals surface area contributed by atoms with Gasteiger partial charge in [0.25, 0.3) is 0 Å². The molecule has 3 N–H and O–H groups in total. The van der Waals surface area contributed by atoms with Crippen LogP contribution in [0.15, 0.2) is 30.3 Å². The zero-order chi connectivity index (χ0) is 13.7. The van der Waals surface area contributed by atoms with Gasteiger partial charge in [-0.15, -0.1) is 0 Å². The van der Waals surface area contributed by atoms with Crippen molar-refractivity contribution in [1.29, 1.82) is 0 Å². The normalized spacial score (nSPS) is 26.7. The third kappa shape index (κ3) is 3.70. The zero-order valence-electron chi connectivity index (χ0n) is 11.4. The third-order valence-electron chi connectivity index (χ3n) is 3.94. The first-order valence-corrected chi connectivity index (χ1v) is 6.89. The summed E-state index contributed by atoms with van der Waals surface area (Å²) >= 11 is 0. The molecule has 0 aromatic heterocycles. The van der Waals surface area contributed by atoms with Gasteiger partial charge >= 0.3 is 6.09 Å². The number of rotatable bonds is 3. The predicted octanol–water partition coefficient (Wildman–Crippen LogP) is 2.68. The van der Waals surface area contributed by atoms with Crippen LogP contribution in [0.1, 0.15) is 32.6 Å². The van der Waals surface area contributed by atoms with Crippen molar-refractivity contribution in [3.63, 3.8) is 0 Å². The van der Waals surface area contributed by atoms with Gasteiger partial charge in [0.15, 0.2) is 0 Å². The highest BCUT2D eigenvalue weighted by atomic mass is 16.6. The van der Waals surface area contributed by atoms with Crippen LogP contribution in [0.2, 0.25) is 0 Å². The van der Waals surface area contributed by atoms with Gasteiger partial charge in [-0.05, 0) is 43.7 Å². The van der Waals surface area contributed by atoms with Crippen molar-refractivity contribution in [3.8, 4) is 5.75 Å². The fraction of sp³-hybridized carbons (Fsp3) is 0.533. The van der Waals surface area contributed by atoms with Gasteiger partial charge in [0.2, 0.25) is 0 Å². The van der Waals surface area contributed by atoms with Crippen LogP contribution < -0.4 is 15.8 Å². The summed E-state index contributed by atoms with van der Waals surface area (Å²) in [4.78, 5) is 11.9. The van der Waals surface area contributed by atoms with E-state index in [0.717, 1.165) is 25.7 Å². The van der Waals surface area contributed by atoms with Crippen LogP contribution in [0.3, 0.4) is 0 Å². The Morgan fingerprint density at radius 3 is 2.58 bits per heavy atom. The fourth-order valence-electron chi connectivity index (χ4n) is 2.53. The number of nitrogens with one attached hydrogen (secondary N) is 1. The first-order valence-electron chi connectivity index (χ1n) is 6.89. The number of hydrogen-bond acceptors (Lipinski definition) is 3. The van der Waals surface area contributed by atoms with Crippen LogP contribution in [0, 0.1) is 5.92 Å². The predicted molar refractivity (Wildman–Crippen MR) is 75.0 cm³/mol. The van der Waals surface area contributed by atoms with E-state index in [1.165, 1.54) is 0 Å². The summed E-state index contributed by atoms with van der Waals surface area (Å²) in [6, 6.07) is 9.08. The largest absolute Gasteiger partial charge is 0.413 e. The molecule has 0 saturated heterocycles. The van der Waals surface area contributed by atoms with E-state index in [0.29, 0.717) is 18.2 Å². The number of nitrogens with two attached hydrogens (primary N) is 1. The Morgan fingerprint density at radius 1 is 1.37 bits per heavy atom. The number of ether oxygens (including phenoxy) is 1. The average molecular weight is 262 g/mol. The van der Waals surface area contributed by atoms with Crippen LogP contribution in [0.4, 0.5) is 4.79 Å². The van der Waals surface area contributed by atoms with Gasteiger partial charge in [-0.25, -0.2) is 4.79 Å². The molecule has 0 unspecified atom stereocenters. The molecule has 4 nitrogen and oxygen atoms in total. The first-order chi connectivity index (χ1) is 9.13. The summed E-state index contributed by atoms with van der Waals surface area (Å²) in [5.41, 5.74) is 5.56. The molecule has 1 aliphatic carbocycles. The maximum atomic E-state index is 11.9. The Morgan fingerprint density at radius 2 is 2.00 bits per heavy atom. The molecule has 1 amide bonds. The minimum Gasteiger partial charge on any atom is -0.410 e. The molecule has 1 aliphatic rings. The molecule has 104 valence electrons. The third-order valence-corrected chi connectivity index (χ3v) is 3.94. The molecule has 0 radical (unpaired) electrons. The minimum atomic E-state index is -0.411. The number of benzene rings is 1. The lowest BCUT2D eigenvalue weighted by Crippen LogP contribution is -2.56. The van der Waals surface area contributed by atoms with Gasteiger partial charge in [-0.1, -0.05) is 25.1 Å². The summed E-state index contributed by atoms with van der Waals surface area (Å²) in [6.45, 7) is 2.70. The van der Waals surface area contributed by atoms with Crippen LogP contribution in [0.5, 0.6) is 5.75 Å². The van der Waals surface area contributed by atoms with Crippen molar-refractivity contribution in [2.45, 2.75) is 38.1 Å². The van der Waals surface area contributed by atoms with Crippen LogP contribution >= 0.6 is 0 Å². The van der Waals surface area contributed by atoms with E-state index in [2.05, 4.69) is 12.2 Å². The lowest BCUT2D eigenvalue weighted by atomic mass is 9.77. The maximum absolute atomic E-state index is 11.9. The highest BCUT2D eigenvalue weighted by molar-refractivity contribution is 5.71. The van der Waals surface area contributed by atoms with Gasteiger partial charge in [0.1, 0.15) is 5.75 Å². The molecule has 1 saturated carbocycles. The van der Waals surface area contributed by atoms with Gasteiger partial charge in [0.05, 0.1) is 5.54 Å². The quantitative estimate of drug-likeness (QED) is 0.880. The summed E-state index contributed by atoms with van der Waals surface area (Å²) in [7, 11) is 0. The summed E-state index contributed by atoms with van der Waals surface area (Å²) in [5, 5.41) is 2.96. The molecule has 19 heavy (non-hydrogen) atoms. The summed E-state index contributed by atoms with van der Waals surface area (Å²) in [5.74, 6) is 1.27. The van der Waals surface area contributed by atoms with Gasteiger partial charge in [-0.3, -0.25) is 0 Å². The molecule has 2 rings (SSSR count). The molecule has 0 bridgehead atoms. The number of para-hydroxylation sites is 1. The summed E-state index contributed by atoms with van der Waals surface area (Å²) in [6.07, 6.45) is 3.64. The van der Waals surface area contributed by atoms with E-state index in [-0.39, 0.29) is 5.54 Å². The molecule has 1 aromatic carbocycles. The monoisotopic (exact) mass is 262 g/mol. The highest BCUT2D eigenvalue weighted by Gasteiger charge is 2.34. The first kappa shape index (κ1) is 13.9. The van der Waals surface area contributed by atoms with E-state index in [1.807, 2.05) is 18.2 Å². The Bertz CT molecular complexity index is 411. The molecular weight excluding hydrogens is 240 g/mol. The maximum Gasteiger partial charge on any atom is 0.413 e.